The molecule has 1 saturated carbocycles. The molecule has 1 aromatic rings. The lowest BCUT2D eigenvalue weighted by Crippen LogP contribution is -2.45. The summed E-state index contributed by atoms with van der Waals surface area (Å²) in [6.45, 7) is 4.46. The molecule has 1 aromatic carbocycles. The van der Waals surface area contributed by atoms with Gasteiger partial charge in [0.2, 0.25) is 0 Å². The molecule has 0 spiro atoms. The van der Waals surface area contributed by atoms with Gasteiger partial charge in [-0.05, 0) is 42.9 Å². The third-order valence-electron chi connectivity index (χ3n) is 3.93. The van der Waals surface area contributed by atoms with Gasteiger partial charge in [-0.1, -0.05) is 19.9 Å². The molecule has 19 heavy (non-hydrogen) atoms. The molecule has 0 radical (unpaired) electrons. The second-order valence-corrected chi connectivity index (χ2v) is 7.76. The quantitative estimate of drug-likeness (QED) is 0.927. The van der Waals surface area contributed by atoms with Crippen LogP contribution in [0.4, 0.5) is 0 Å². The highest BCUT2D eigenvalue weighted by atomic mass is 32.2. The van der Waals surface area contributed by atoms with E-state index >= 15 is 0 Å². The van der Waals surface area contributed by atoms with Crippen molar-refractivity contribution in [2.45, 2.75) is 49.3 Å². The van der Waals surface area contributed by atoms with Gasteiger partial charge < -0.3 is 10.5 Å². The number of nitrogens with two attached hydrogens (primary N) is 1. The molecule has 0 aromatic heterocycles. The normalized spacial score (nSPS) is 27.8. The first-order valence-electron chi connectivity index (χ1n) is 6.73. The van der Waals surface area contributed by atoms with Gasteiger partial charge in [0.1, 0.15) is 5.75 Å². The summed E-state index contributed by atoms with van der Waals surface area (Å²) in [7, 11) is 0.559. The number of methoxy groups -OCH3 is 1. The summed E-state index contributed by atoms with van der Waals surface area (Å²) in [5, 5.41) is 0.0378. The molecule has 3 atom stereocenters. The summed E-state index contributed by atoms with van der Waals surface area (Å²) in [6.07, 6.45) is 2.98. The van der Waals surface area contributed by atoms with Crippen LogP contribution < -0.4 is 10.5 Å². The van der Waals surface area contributed by atoms with E-state index in [-0.39, 0.29) is 16.7 Å². The van der Waals surface area contributed by atoms with Crippen molar-refractivity contribution in [1.29, 1.82) is 0 Å². The van der Waals surface area contributed by atoms with Crippen LogP contribution in [0.1, 0.15) is 33.1 Å². The molecule has 3 unspecified atom stereocenters. The largest absolute Gasteiger partial charge is 0.497 e. The van der Waals surface area contributed by atoms with Crippen LogP contribution in [-0.4, -0.2) is 22.6 Å². The van der Waals surface area contributed by atoms with Gasteiger partial charge >= 0.3 is 0 Å². The van der Waals surface area contributed by atoms with Crippen LogP contribution in [0, 0.1) is 5.41 Å². The zero-order valence-corrected chi connectivity index (χ0v) is 12.7. The van der Waals surface area contributed by atoms with Gasteiger partial charge in [-0.3, -0.25) is 4.21 Å². The fraction of sp³-hybridized carbons (Fsp3) is 0.600. The second-order valence-electron chi connectivity index (χ2n) is 6.09. The van der Waals surface area contributed by atoms with Gasteiger partial charge in [0.15, 0.2) is 0 Å². The Morgan fingerprint density at radius 3 is 2.84 bits per heavy atom. The Labute approximate surface area is 118 Å². The third kappa shape index (κ3) is 3.37. The standard InChI is InChI=1S/C15H23NO2S/c1-15(2)8-7-13(16)14(10-15)19(17)12-6-4-5-11(9-12)18-3/h4-6,9,13-14H,7-8,10,16H2,1-3H3. The summed E-state index contributed by atoms with van der Waals surface area (Å²) in [4.78, 5) is 0.817. The highest BCUT2D eigenvalue weighted by molar-refractivity contribution is 7.85. The van der Waals surface area contributed by atoms with Crippen molar-refractivity contribution in [3.05, 3.63) is 24.3 Å². The van der Waals surface area contributed by atoms with Gasteiger partial charge in [0.25, 0.3) is 0 Å². The summed E-state index contributed by atoms with van der Waals surface area (Å²) in [5.41, 5.74) is 6.42. The predicted molar refractivity (Wildman–Crippen MR) is 78.8 cm³/mol. The third-order valence-corrected chi connectivity index (χ3v) is 5.72. The Kier molecular flexibility index (Phi) is 4.31. The highest BCUT2D eigenvalue weighted by Crippen LogP contribution is 2.38. The van der Waals surface area contributed by atoms with Crippen molar-refractivity contribution in [1.82, 2.24) is 0 Å². The smallest absolute Gasteiger partial charge is 0.120 e. The van der Waals surface area contributed by atoms with E-state index in [0.29, 0.717) is 0 Å². The molecule has 1 aliphatic rings. The van der Waals surface area contributed by atoms with E-state index in [4.69, 9.17) is 10.5 Å². The Morgan fingerprint density at radius 2 is 2.16 bits per heavy atom. The molecule has 1 aliphatic carbocycles. The van der Waals surface area contributed by atoms with E-state index in [0.717, 1.165) is 29.9 Å². The maximum Gasteiger partial charge on any atom is 0.120 e. The first kappa shape index (κ1) is 14.5. The van der Waals surface area contributed by atoms with Crippen LogP contribution in [0.15, 0.2) is 29.2 Å². The molecule has 106 valence electrons. The second kappa shape index (κ2) is 5.63. The van der Waals surface area contributed by atoms with E-state index in [1.807, 2.05) is 24.3 Å². The lowest BCUT2D eigenvalue weighted by atomic mass is 9.75. The average Bonchev–Trinajstić information content (AvgIpc) is 2.41. The fourth-order valence-electron chi connectivity index (χ4n) is 2.68. The van der Waals surface area contributed by atoms with E-state index < -0.39 is 10.8 Å². The monoisotopic (exact) mass is 281 g/mol. The molecule has 4 heteroatoms. The van der Waals surface area contributed by atoms with Crippen molar-refractivity contribution in [3.8, 4) is 5.75 Å². The van der Waals surface area contributed by atoms with Crippen LogP contribution in [0.5, 0.6) is 5.75 Å². The Balaban J connectivity index is 2.22. The van der Waals surface area contributed by atoms with Gasteiger partial charge in [0, 0.05) is 10.9 Å². The Morgan fingerprint density at radius 1 is 1.42 bits per heavy atom. The van der Waals surface area contributed by atoms with Crippen LogP contribution in [-0.2, 0) is 10.8 Å². The van der Waals surface area contributed by atoms with E-state index in [1.165, 1.54) is 0 Å². The molecule has 2 N–H and O–H groups in total. The van der Waals surface area contributed by atoms with Gasteiger partial charge in [-0.2, -0.15) is 0 Å². The van der Waals surface area contributed by atoms with Crippen molar-refractivity contribution in [2.75, 3.05) is 7.11 Å². The van der Waals surface area contributed by atoms with Crippen LogP contribution in [0.25, 0.3) is 0 Å². The summed E-state index contributed by atoms with van der Waals surface area (Å²) in [6, 6.07) is 7.52. The number of rotatable bonds is 3. The Bertz CT molecular complexity index is 473. The summed E-state index contributed by atoms with van der Waals surface area (Å²) in [5.74, 6) is 0.745. The van der Waals surface area contributed by atoms with Crippen molar-refractivity contribution in [2.24, 2.45) is 11.1 Å². The molecule has 2 rings (SSSR count). The SMILES string of the molecule is COc1cccc(S(=O)C2CC(C)(C)CCC2N)c1. The topological polar surface area (TPSA) is 52.3 Å². The summed E-state index contributed by atoms with van der Waals surface area (Å²) < 4.78 is 17.9. The minimum absolute atomic E-state index is 0.0278. The van der Waals surface area contributed by atoms with Crippen LogP contribution in [0.3, 0.4) is 0 Å². The van der Waals surface area contributed by atoms with Gasteiger partial charge in [-0.25, -0.2) is 0 Å². The maximum atomic E-state index is 12.7. The van der Waals surface area contributed by atoms with E-state index in [2.05, 4.69) is 13.8 Å². The lowest BCUT2D eigenvalue weighted by molar-refractivity contribution is 0.230. The molecule has 0 heterocycles. The van der Waals surface area contributed by atoms with E-state index in [9.17, 15) is 4.21 Å². The molecular formula is C15H23NO2S. The maximum absolute atomic E-state index is 12.7. The molecule has 0 bridgehead atoms. The lowest BCUT2D eigenvalue weighted by Gasteiger charge is -2.38. The molecule has 0 aliphatic heterocycles. The molecule has 0 saturated heterocycles. The Hall–Kier alpha value is -0.870. The van der Waals surface area contributed by atoms with Crippen LogP contribution >= 0.6 is 0 Å². The van der Waals surface area contributed by atoms with Gasteiger partial charge in [-0.15, -0.1) is 0 Å². The zero-order chi connectivity index (χ0) is 14.0. The minimum Gasteiger partial charge on any atom is -0.497 e. The number of hydrogen-bond acceptors (Lipinski definition) is 3. The first-order chi connectivity index (χ1) is 8.93. The minimum atomic E-state index is -1.06. The van der Waals surface area contributed by atoms with Crippen LogP contribution in [0.2, 0.25) is 0 Å². The fourth-order valence-corrected chi connectivity index (χ4v) is 4.53. The number of benzene rings is 1. The highest BCUT2D eigenvalue weighted by Gasteiger charge is 2.36. The summed E-state index contributed by atoms with van der Waals surface area (Å²) >= 11 is 0. The average molecular weight is 281 g/mol. The van der Waals surface area contributed by atoms with Crippen molar-refractivity contribution in [3.63, 3.8) is 0 Å². The molecular weight excluding hydrogens is 258 g/mol. The predicted octanol–water partition coefficient (Wildman–Crippen LogP) is 2.71. The molecule has 1 fully saturated rings. The van der Waals surface area contributed by atoms with Crippen molar-refractivity contribution < 1.29 is 8.95 Å². The zero-order valence-electron chi connectivity index (χ0n) is 11.9. The number of hydrogen-bond donors (Lipinski definition) is 1. The molecule has 0 amide bonds. The van der Waals surface area contributed by atoms with Gasteiger partial charge in [0.05, 0.1) is 23.2 Å². The molecule has 3 nitrogen and oxygen atoms in total. The van der Waals surface area contributed by atoms with Crippen molar-refractivity contribution >= 4 is 10.8 Å². The van der Waals surface area contributed by atoms with E-state index in [1.54, 1.807) is 7.11 Å². The first-order valence-corrected chi connectivity index (χ1v) is 7.94. The number of ether oxygens (including phenoxy) is 1.